The number of hydrogen-bond acceptors (Lipinski definition) is 14. The van der Waals surface area contributed by atoms with E-state index in [1.165, 1.54) is 0 Å². The van der Waals surface area contributed by atoms with Crippen LogP contribution in [0.1, 0.15) is 37.8 Å². The van der Waals surface area contributed by atoms with E-state index in [0.29, 0.717) is 5.57 Å². The van der Waals surface area contributed by atoms with Gasteiger partial charge in [-0.05, 0) is 54.2 Å². The lowest BCUT2D eigenvalue weighted by molar-refractivity contribution is -0.290. The lowest BCUT2D eigenvalue weighted by Crippen LogP contribution is -2.79. The third-order valence-electron chi connectivity index (χ3n) is 12.5. The van der Waals surface area contributed by atoms with Gasteiger partial charge in [0.15, 0.2) is 11.5 Å². The van der Waals surface area contributed by atoms with Crippen LogP contribution in [-0.4, -0.2) is 95.7 Å². The summed E-state index contributed by atoms with van der Waals surface area (Å²) in [4.78, 5) is 68.4. The molecule has 12 atom stereocenters. The second-order valence-corrected chi connectivity index (χ2v) is 15.3. The first-order chi connectivity index (χ1) is 25.2. The summed E-state index contributed by atoms with van der Waals surface area (Å²) in [5, 5.41) is 24.0. The zero-order valence-electron chi connectivity index (χ0n) is 29.6. The molecule has 53 heavy (non-hydrogen) atoms. The van der Waals surface area contributed by atoms with Gasteiger partial charge in [0.2, 0.25) is 11.7 Å². The molecule has 3 aliphatic carbocycles. The number of carbonyl (C=O) groups is 5. The van der Waals surface area contributed by atoms with Crippen LogP contribution in [-0.2, 0) is 60.5 Å². The number of aliphatic hydroxyl groups excluding tert-OH is 2. The van der Waals surface area contributed by atoms with Gasteiger partial charge in [0.25, 0.3) is 0 Å². The number of hydrogen-bond donors (Lipinski definition) is 4. The van der Waals surface area contributed by atoms with Crippen molar-refractivity contribution in [3.8, 4) is 0 Å². The zero-order chi connectivity index (χ0) is 38.0. The number of fused-ring (bicyclic) bond motifs is 2. The number of aliphatic hydroxyl groups is 2. The minimum absolute atomic E-state index is 0.0725. The van der Waals surface area contributed by atoms with E-state index in [9.17, 15) is 34.2 Å². The minimum atomic E-state index is -2.33. The Morgan fingerprint density at radius 1 is 0.925 bits per heavy atom. The molecule has 2 bridgehead atoms. The van der Waals surface area contributed by atoms with Crippen LogP contribution in [0.3, 0.4) is 0 Å². The lowest BCUT2D eigenvalue weighted by Gasteiger charge is -2.67. The molecule has 2 saturated carbocycles. The third-order valence-corrected chi connectivity index (χ3v) is 12.5. The van der Waals surface area contributed by atoms with E-state index in [2.05, 4.69) is 0 Å². The molecule has 0 aromatic heterocycles. The van der Waals surface area contributed by atoms with Crippen LogP contribution >= 0.6 is 0 Å². The van der Waals surface area contributed by atoms with Crippen molar-refractivity contribution in [1.29, 1.82) is 0 Å². The summed E-state index contributed by atoms with van der Waals surface area (Å²) in [6.45, 7) is 3.11. The molecule has 2 aromatic carbocycles. The van der Waals surface area contributed by atoms with Crippen molar-refractivity contribution in [3.63, 3.8) is 0 Å². The average molecular weight is 733 g/mol. The molecule has 4 fully saturated rings. The molecule has 14 nitrogen and oxygen atoms in total. The van der Waals surface area contributed by atoms with Crippen LogP contribution in [0.15, 0.2) is 72.0 Å². The number of methoxy groups -OCH3 is 1. The Morgan fingerprint density at radius 2 is 1.51 bits per heavy atom. The zero-order valence-corrected chi connectivity index (χ0v) is 29.6. The fraction of sp³-hybridized carbons (Fsp3) is 0.513. The lowest BCUT2D eigenvalue weighted by atomic mass is 9.38. The highest BCUT2D eigenvalue weighted by molar-refractivity contribution is 5.98. The monoisotopic (exact) mass is 732 g/mol. The molecule has 6 N–H and O–H groups in total. The molecule has 14 heteroatoms. The summed E-state index contributed by atoms with van der Waals surface area (Å²) in [6.07, 6.45) is -6.41. The second-order valence-electron chi connectivity index (χ2n) is 15.3. The van der Waals surface area contributed by atoms with Gasteiger partial charge in [-0.2, -0.15) is 0 Å². The summed E-state index contributed by atoms with van der Waals surface area (Å²) in [7, 11) is 1.08. The fourth-order valence-electron chi connectivity index (χ4n) is 10.3. The maximum Gasteiger partial charge on any atom is 0.348 e. The highest BCUT2D eigenvalue weighted by Crippen LogP contribution is 2.73. The number of rotatable bonds is 9. The molecule has 2 aromatic rings. The van der Waals surface area contributed by atoms with E-state index in [1.807, 2.05) is 36.4 Å². The van der Waals surface area contributed by atoms with Crippen molar-refractivity contribution in [3.05, 3.63) is 83.1 Å². The summed E-state index contributed by atoms with van der Waals surface area (Å²) in [5.74, 6) is -7.58. The molecule has 7 rings (SSSR count). The maximum atomic E-state index is 14.0. The smallest absolute Gasteiger partial charge is 0.348 e. The molecule has 5 aliphatic rings. The summed E-state index contributed by atoms with van der Waals surface area (Å²) in [5.41, 5.74) is 9.44. The number of allylic oxidation sites excluding steroid dienone is 2. The van der Waals surface area contributed by atoms with Crippen molar-refractivity contribution < 1.29 is 57.9 Å². The van der Waals surface area contributed by atoms with E-state index in [4.69, 9.17) is 35.2 Å². The van der Waals surface area contributed by atoms with Gasteiger partial charge in [-0.1, -0.05) is 67.6 Å². The molecule has 1 spiro atoms. The van der Waals surface area contributed by atoms with Crippen LogP contribution < -0.4 is 11.5 Å². The van der Waals surface area contributed by atoms with E-state index >= 15 is 0 Å². The third kappa shape index (κ3) is 5.53. The fourth-order valence-corrected chi connectivity index (χ4v) is 10.3. The van der Waals surface area contributed by atoms with Gasteiger partial charge < -0.3 is 45.4 Å². The number of benzene rings is 2. The molecule has 2 saturated heterocycles. The normalized spacial score (nSPS) is 36.7. The average Bonchev–Trinajstić information content (AvgIpc) is 3.44. The minimum Gasteiger partial charge on any atom is -0.467 e. The first kappa shape index (κ1) is 36.9. The molecule has 2 heterocycles. The predicted octanol–water partition coefficient (Wildman–Crippen LogP) is 0.676. The van der Waals surface area contributed by atoms with Crippen LogP contribution in [0.25, 0.3) is 0 Å². The first-order valence-electron chi connectivity index (χ1n) is 17.7. The van der Waals surface area contributed by atoms with Crippen molar-refractivity contribution in [2.24, 2.45) is 40.1 Å². The molecule has 2 aliphatic heterocycles. The summed E-state index contributed by atoms with van der Waals surface area (Å²) in [6, 6.07) is 15.8. The van der Waals surface area contributed by atoms with Crippen LogP contribution in [0, 0.1) is 28.6 Å². The van der Waals surface area contributed by atoms with Gasteiger partial charge in [0.05, 0.1) is 25.7 Å². The Morgan fingerprint density at radius 3 is 2.09 bits per heavy atom. The molecular weight excluding hydrogens is 688 g/mol. The van der Waals surface area contributed by atoms with Crippen molar-refractivity contribution in [2.75, 3.05) is 13.7 Å². The Labute approximate surface area is 305 Å². The Bertz CT molecular complexity index is 1850. The van der Waals surface area contributed by atoms with Crippen molar-refractivity contribution in [1.82, 2.24) is 0 Å². The van der Waals surface area contributed by atoms with Crippen molar-refractivity contribution >= 4 is 29.7 Å². The summed E-state index contributed by atoms with van der Waals surface area (Å²) < 4.78 is 28.9. The number of Topliss-reactive ketones (excluding diaryl/α,β-unsaturated/α-hetero) is 1. The highest BCUT2D eigenvalue weighted by atomic mass is 16.6. The first-order valence-corrected chi connectivity index (χ1v) is 17.7. The molecule has 0 radical (unpaired) electrons. The molecule has 0 amide bonds. The number of carbonyl (C=O) groups excluding carboxylic acids is 5. The topological polar surface area (TPSA) is 224 Å². The Balaban J connectivity index is 1.25. The van der Waals surface area contributed by atoms with Gasteiger partial charge in [0, 0.05) is 17.8 Å². The standard InChI is InChI=1S/C39H44N2O12/c1-19-22-16-26-38-18-50-39(36(48)49-3,31(38)29(35(47)51-26)53-34(46)24(41)15-21-12-8-5-9-13-21)32(44)27(43)30(38)37(22,2)17-25(42)28(19)52-33(45)23(40)14-20-10-6-4-7-11-20/h4-13,22-24,26-27,29-32,43-44H,14-18,40-41H2,1-3H3/t22-,23?,24?,26+,27+,29+,30+,31+,32-,37-,38+,39-/m0/s1. The number of esters is 4. The largest absolute Gasteiger partial charge is 0.467 e. The van der Waals surface area contributed by atoms with Crippen LogP contribution in [0.4, 0.5) is 0 Å². The highest BCUT2D eigenvalue weighted by Gasteiger charge is 2.85. The Hall–Kier alpha value is -4.47. The van der Waals surface area contributed by atoms with Gasteiger partial charge in [-0.25, -0.2) is 14.4 Å². The number of ketones is 1. The molecular formula is C39H44N2O12. The van der Waals surface area contributed by atoms with Gasteiger partial charge in [-0.3, -0.25) is 9.59 Å². The van der Waals surface area contributed by atoms with Gasteiger partial charge >= 0.3 is 23.9 Å². The number of ether oxygens (including phenoxy) is 5. The van der Waals surface area contributed by atoms with E-state index in [0.717, 1.165) is 18.2 Å². The molecule has 2 unspecified atom stereocenters. The van der Waals surface area contributed by atoms with E-state index in [-0.39, 0.29) is 38.0 Å². The summed E-state index contributed by atoms with van der Waals surface area (Å²) >= 11 is 0. The van der Waals surface area contributed by atoms with Crippen LogP contribution in [0.5, 0.6) is 0 Å². The van der Waals surface area contributed by atoms with Crippen LogP contribution in [0.2, 0.25) is 0 Å². The van der Waals surface area contributed by atoms with E-state index in [1.54, 1.807) is 38.1 Å². The van der Waals surface area contributed by atoms with Gasteiger partial charge in [0.1, 0.15) is 24.3 Å². The SMILES string of the molecule is COC(=O)[C@@]12OC[C@]34[C@H]([C@@H](O)[C@@H]1O)[C@@]1(C)CC(=O)C(OC(=O)C(N)Cc5ccccc5)=C(C)[C@@H]1C[C@H]3OC(=O)[C@H](OC(=O)C(N)Cc1ccccc1)[C@@H]24. The van der Waals surface area contributed by atoms with Gasteiger partial charge in [-0.15, -0.1) is 0 Å². The Kier molecular flexibility index (Phi) is 9.34. The van der Waals surface area contributed by atoms with E-state index < -0.39 is 100 Å². The maximum absolute atomic E-state index is 14.0. The van der Waals surface area contributed by atoms with Crippen molar-refractivity contribution in [2.45, 2.75) is 81.6 Å². The quantitative estimate of drug-likeness (QED) is 0.206. The second kappa shape index (κ2) is 13.4. The predicted molar refractivity (Wildman–Crippen MR) is 183 cm³/mol. The molecule has 282 valence electrons. The number of nitrogens with two attached hydrogens (primary N) is 2.